The smallest absolute Gasteiger partial charge is 0.226 e. The van der Waals surface area contributed by atoms with Crippen molar-refractivity contribution in [2.75, 3.05) is 18.1 Å². The number of carbonyl (C=O) groups is 1. The van der Waals surface area contributed by atoms with Gasteiger partial charge >= 0.3 is 0 Å². The molecule has 0 aromatic carbocycles. The Bertz CT molecular complexity index is 479. The molecule has 1 saturated heterocycles. The van der Waals surface area contributed by atoms with Crippen LogP contribution in [0.3, 0.4) is 0 Å². The summed E-state index contributed by atoms with van der Waals surface area (Å²) >= 11 is 0. The Balaban J connectivity index is 2.17. The lowest BCUT2D eigenvalue weighted by Crippen LogP contribution is -2.53. The first-order valence-electron chi connectivity index (χ1n) is 7.51. The molecular weight excluding hydrogens is 274 g/mol. The van der Waals surface area contributed by atoms with E-state index in [2.05, 4.69) is 6.58 Å². The zero-order chi connectivity index (χ0) is 14.8. The molecule has 0 N–H and O–H groups in total. The molecule has 0 bridgehead atoms. The fourth-order valence-corrected chi connectivity index (χ4v) is 5.62. The van der Waals surface area contributed by atoms with Gasteiger partial charge in [0.25, 0.3) is 0 Å². The highest BCUT2D eigenvalue weighted by Crippen LogP contribution is 2.33. The first-order chi connectivity index (χ1) is 9.38. The van der Waals surface area contributed by atoms with Crippen LogP contribution in [-0.4, -0.2) is 42.8 Å². The molecule has 4 nitrogen and oxygen atoms in total. The van der Waals surface area contributed by atoms with E-state index in [4.69, 9.17) is 0 Å². The zero-order valence-corrected chi connectivity index (χ0v) is 13.1. The second kappa shape index (κ2) is 5.88. The summed E-state index contributed by atoms with van der Waals surface area (Å²) in [5.74, 6) is 0.481. The molecule has 2 rings (SSSR count). The highest BCUT2D eigenvalue weighted by molar-refractivity contribution is 7.91. The van der Waals surface area contributed by atoms with Crippen LogP contribution in [0.4, 0.5) is 0 Å². The standard InChI is InChI=1S/C15H25NO3S/c1-3-10-16(14(17)13-7-5-4-6-8-13)15(2)9-11-20(18,19)12-15/h3,13H,1,4-12H2,2H3. The maximum absolute atomic E-state index is 12.8. The minimum absolute atomic E-state index is 0.0730. The first-order valence-corrected chi connectivity index (χ1v) is 9.33. The summed E-state index contributed by atoms with van der Waals surface area (Å²) in [6, 6.07) is 0. The lowest BCUT2D eigenvalue weighted by Gasteiger charge is -2.40. The van der Waals surface area contributed by atoms with Gasteiger partial charge in [-0.15, -0.1) is 6.58 Å². The van der Waals surface area contributed by atoms with E-state index in [1.54, 1.807) is 11.0 Å². The highest BCUT2D eigenvalue weighted by Gasteiger charge is 2.45. The SMILES string of the molecule is C=CCN(C(=O)C1CCCCC1)C1(C)CCS(=O)(=O)C1. The largest absolute Gasteiger partial charge is 0.332 e. The molecule has 0 radical (unpaired) electrons. The second-order valence-corrected chi connectivity index (χ2v) is 8.60. The molecule has 0 spiro atoms. The Labute approximate surface area is 122 Å². The van der Waals surface area contributed by atoms with Crippen molar-refractivity contribution in [2.45, 2.75) is 51.0 Å². The van der Waals surface area contributed by atoms with Gasteiger partial charge in [-0.1, -0.05) is 25.3 Å². The van der Waals surface area contributed by atoms with E-state index in [0.29, 0.717) is 13.0 Å². The van der Waals surface area contributed by atoms with E-state index in [0.717, 1.165) is 25.7 Å². The maximum Gasteiger partial charge on any atom is 0.226 e. The van der Waals surface area contributed by atoms with Gasteiger partial charge in [0.15, 0.2) is 9.84 Å². The van der Waals surface area contributed by atoms with Gasteiger partial charge in [-0.05, 0) is 26.2 Å². The van der Waals surface area contributed by atoms with Crippen LogP contribution in [0.15, 0.2) is 12.7 Å². The number of sulfone groups is 1. The molecule has 2 fully saturated rings. The predicted octanol–water partition coefficient (Wildman–Crippen LogP) is 2.16. The third-order valence-electron chi connectivity index (χ3n) is 4.67. The van der Waals surface area contributed by atoms with Gasteiger partial charge < -0.3 is 4.90 Å². The van der Waals surface area contributed by atoms with Gasteiger partial charge in [0.1, 0.15) is 0 Å². The Morgan fingerprint density at radius 2 is 2.00 bits per heavy atom. The van der Waals surface area contributed by atoms with Gasteiger partial charge in [-0.3, -0.25) is 4.79 Å². The van der Waals surface area contributed by atoms with Crippen molar-refractivity contribution in [1.82, 2.24) is 4.90 Å². The Hall–Kier alpha value is -0.840. The molecule has 1 saturated carbocycles. The van der Waals surface area contributed by atoms with Crippen molar-refractivity contribution in [3.63, 3.8) is 0 Å². The van der Waals surface area contributed by atoms with E-state index in [1.165, 1.54) is 6.42 Å². The van der Waals surface area contributed by atoms with Crippen LogP contribution < -0.4 is 0 Å². The monoisotopic (exact) mass is 299 g/mol. The molecule has 1 amide bonds. The number of amides is 1. The van der Waals surface area contributed by atoms with Crippen molar-refractivity contribution in [1.29, 1.82) is 0 Å². The van der Waals surface area contributed by atoms with Crippen LogP contribution in [-0.2, 0) is 14.6 Å². The summed E-state index contributed by atoms with van der Waals surface area (Å²) in [5, 5.41) is 0. The lowest BCUT2D eigenvalue weighted by molar-refractivity contribution is -0.141. The van der Waals surface area contributed by atoms with Gasteiger partial charge in [-0.25, -0.2) is 8.42 Å². The first kappa shape index (κ1) is 15.5. The molecule has 1 aliphatic carbocycles. The molecule has 5 heteroatoms. The zero-order valence-electron chi connectivity index (χ0n) is 12.3. The van der Waals surface area contributed by atoms with Crippen molar-refractivity contribution in [3.8, 4) is 0 Å². The van der Waals surface area contributed by atoms with Crippen LogP contribution in [0.5, 0.6) is 0 Å². The van der Waals surface area contributed by atoms with Gasteiger partial charge in [0, 0.05) is 12.5 Å². The number of nitrogens with zero attached hydrogens (tertiary/aromatic N) is 1. The fraction of sp³-hybridized carbons (Fsp3) is 0.800. The summed E-state index contributed by atoms with van der Waals surface area (Å²) in [7, 11) is -3.01. The van der Waals surface area contributed by atoms with Gasteiger partial charge in [-0.2, -0.15) is 0 Å². The molecule has 1 aliphatic heterocycles. The summed E-state index contributed by atoms with van der Waals surface area (Å²) in [4.78, 5) is 14.6. The Kier molecular flexibility index (Phi) is 4.57. The molecule has 0 aromatic heterocycles. The Morgan fingerprint density at radius 1 is 1.35 bits per heavy atom. The molecule has 1 heterocycles. The normalized spacial score (nSPS) is 30.1. The van der Waals surface area contributed by atoms with Crippen LogP contribution in [0.2, 0.25) is 0 Å². The fourth-order valence-electron chi connectivity index (χ4n) is 3.48. The molecule has 1 atom stereocenters. The van der Waals surface area contributed by atoms with E-state index >= 15 is 0 Å². The van der Waals surface area contributed by atoms with Crippen LogP contribution in [0.25, 0.3) is 0 Å². The van der Waals surface area contributed by atoms with E-state index in [1.807, 2.05) is 6.92 Å². The second-order valence-electron chi connectivity index (χ2n) is 6.41. The molecular formula is C15H25NO3S. The molecule has 1 unspecified atom stereocenters. The van der Waals surface area contributed by atoms with Crippen LogP contribution in [0, 0.1) is 5.92 Å². The number of hydrogen-bond donors (Lipinski definition) is 0. The highest BCUT2D eigenvalue weighted by atomic mass is 32.2. The summed E-state index contributed by atoms with van der Waals surface area (Å²) in [6.07, 6.45) is 7.54. The average Bonchev–Trinajstić information content (AvgIpc) is 2.71. The number of rotatable bonds is 4. The van der Waals surface area contributed by atoms with Crippen molar-refractivity contribution < 1.29 is 13.2 Å². The van der Waals surface area contributed by atoms with E-state index in [9.17, 15) is 13.2 Å². The Morgan fingerprint density at radius 3 is 2.50 bits per heavy atom. The van der Waals surface area contributed by atoms with Gasteiger partial charge in [0.2, 0.25) is 5.91 Å². The van der Waals surface area contributed by atoms with Crippen molar-refractivity contribution in [3.05, 3.63) is 12.7 Å². The third-order valence-corrected chi connectivity index (χ3v) is 6.55. The topological polar surface area (TPSA) is 54.5 Å². The predicted molar refractivity (Wildman–Crippen MR) is 80.2 cm³/mol. The van der Waals surface area contributed by atoms with Crippen LogP contribution >= 0.6 is 0 Å². The molecule has 20 heavy (non-hydrogen) atoms. The summed E-state index contributed by atoms with van der Waals surface area (Å²) < 4.78 is 23.6. The van der Waals surface area contributed by atoms with E-state index in [-0.39, 0.29) is 23.3 Å². The quantitative estimate of drug-likeness (QED) is 0.748. The summed E-state index contributed by atoms with van der Waals surface area (Å²) in [6.45, 7) is 6.07. The lowest BCUT2D eigenvalue weighted by atomic mass is 9.86. The number of carbonyl (C=O) groups excluding carboxylic acids is 1. The van der Waals surface area contributed by atoms with Crippen molar-refractivity contribution in [2.24, 2.45) is 5.92 Å². The minimum atomic E-state index is -3.01. The summed E-state index contributed by atoms with van der Waals surface area (Å²) in [5.41, 5.74) is -0.554. The molecule has 2 aliphatic rings. The van der Waals surface area contributed by atoms with Crippen LogP contribution in [0.1, 0.15) is 45.4 Å². The number of hydrogen-bond acceptors (Lipinski definition) is 3. The third kappa shape index (κ3) is 3.25. The van der Waals surface area contributed by atoms with Gasteiger partial charge in [0.05, 0.1) is 17.0 Å². The molecule has 0 aromatic rings. The van der Waals surface area contributed by atoms with Crippen molar-refractivity contribution >= 4 is 15.7 Å². The maximum atomic E-state index is 12.8. The minimum Gasteiger partial charge on any atom is -0.332 e. The average molecular weight is 299 g/mol. The van der Waals surface area contributed by atoms with E-state index < -0.39 is 15.4 Å². The molecule has 114 valence electrons.